The van der Waals surface area contributed by atoms with E-state index in [1.54, 1.807) is 6.92 Å². The molecule has 3 nitrogen and oxygen atoms in total. The second kappa shape index (κ2) is 4.78. The first-order chi connectivity index (χ1) is 8.50. The number of nitrogens with zero attached hydrogens (tertiary/aromatic N) is 2. The summed E-state index contributed by atoms with van der Waals surface area (Å²) in [6.07, 6.45) is 1.64. The van der Waals surface area contributed by atoms with E-state index in [9.17, 15) is 13.9 Å². The molecule has 1 aromatic heterocycles. The minimum absolute atomic E-state index is 0.0442. The number of aryl methyl sites for hydroxylation is 2. The van der Waals surface area contributed by atoms with Gasteiger partial charge in [-0.3, -0.25) is 0 Å². The molecule has 0 saturated carbocycles. The second-order valence-corrected chi connectivity index (χ2v) is 4.12. The third-order valence-electron chi connectivity index (χ3n) is 2.65. The monoisotopic (exact) mass is 250 g/mol. The van der Waals surface area contributed by atoms with E-state index in [0.29, 0.717) is 0 Å². The van der Waals surface area contributed by atoms with Crippen molar-refractivity contribution in [3.8, 4) is 0 Å². The molecular weight excluding hydrogens is 238 g/mol. The maximum atomic E-state index is 13.7. The predicted octanol–water partition coefficient (Wildman–Crippen LogP) is 2.45. The van der Waals surface area contributed by atoms with Crippen molar-refractivity contribution < 1.29 is 13.9 Å². The molecule has 1 atom stereocenters. The second-order valence-electron chi connectivity index (χ2n) is 4.12. The lowest BCUT2D eigenvalue weighted by molar-refractivity contribution is 0.203. The predicted molar refractivity (Wildman–Crippen MR) is 61.9 cm³/mol. The van der Waals surface area contributed by atoms with Crippen LogP contribution in [-0.4, -0.2) is 15.1 Å². The SMILES string of the molecule is Cc1cnc(C(O)c2ccc(C)c(F)c2F)nc1. The zero-order valence-corrected chi connectivity index (χ0v) is 9.98. The van der Waals surface area contributed by atoms with E-state index < -0.39 is 17.7 Å². The first-order valence-electron chi connectivity index (χ1n) is 5.42. The Labute approximate surface area is 103 Å². The maximum absolute atomic E-state index is 13.7. The highest BCUT2D eigenvalue weighted by molar-refractivity contribution is 5.29. The molecule has 0 bridgehead atoms. The van der Waals surface area contributed by atoms with Crippen LogP contribution in [0.3, 0.4) is 0 Å². The summed E-state index contributed by atoms with van der Waals surface area (Å²) >= 11 is 0. The Hall–Kier alpha value is -1.88. The molecule has 94 valence electrons. The van der Waals surface area contributed by atoms with Crippen molar-refractivity contribution in [2.24, 2.45) is 0 Å². The van der Waals surface area contributed by atoms with Gasteiger partial charge in [-0.25, -0.2) is 18.7 Å². The third-order valence-corrected chi connectivity index (χ3v) is 2.65. The zero-order valence-electron chi connectivity index (χ0n) is 9.98. The molecule has 0 spiro atoms. The first-order valence-corrected chi connectivity index (χ1v) is 5.42. The highest BCUT2D eigenvalue weighted by Crippen LogP contribution is 2.24. The Kier molecular flexibility index (Phi) is 3.34. The Morgan fingerprint density at radius 1 is 1.06 bits per heavy atom. The normalized spacial score (nSPS) is 12.5. The molecule has 2 aromatic rings. The fourth-order valence-electron chi connectivity index (χ4n) is 1.55. The maximum Gasteiger partial charge on any atom is 0.165 e. The van der Waals surface area contributed by atoms with E-state index in [2.05, 4.69) is 9.97 Å². The van der Waals surface area contributed by atoms with Crippen molar-refractivity contribution in [2.75, 3.05) is 0 Å². The van der Waals surface area contributed by atoms with Gasteiger partial charge in [0, 0.05) is 18.0 Å². The van der Waals surface area contributed by atoms with Crippen LogP contribution in [-0.2, 0) is 0 Å². The summed E-state index contributed by atoms with van der Waals surface area (Å²) in [5.41, 5.74) is 0.844. The van der Waals surface area contributed by atoms with Gasteiger partial charge in [0.2, 0.25) is 0 Å². The number of aliphatic hydroxyl groups is 1. The zero-order chi connectivity index (χ0) is 13.3. The largest absolute Gasteiger partial charge is 0.380 e. The Bertz CT molecular complexity index is 570. The van der Waals surface area contributed by atoms with E-state index in [1.807, 2.05) is 0 Å². The summed E-state index contributed by atoms with van der Waals surface area (Å²) < 4.78 is 27.1. The van der Waals surface area contributed by atoms with Crippen LogP contribution in [0.1, 0.15) is 28.6 Å². The quantitative estimate of drug-likeness (QED) is 0.890. The lowest BCUT2D eigenvalue weighted by Gasteiger charge is -2.12. The number of hydrogen-bond donors (Lipinski definition) is 1. The summed E-state index contributed by atoms with van der Waals surface area (Å²) in [7, 11) is 0. The van der Waals surface area contributed by atoms with Crippen LogP contribution in [0.5, 0.6) is 0 Å². The molecule has 0 fully saturated rings. The highest BCUT2D eigenvalue weighted by Gasteiger charge is 2.20. The van der Waals surface area contributed by atoms with Gasteiger partial charge in [0.25, 0.3) is 0 Å². The van der Waals surface area contributed by atoms with Gasteiger partial charge in [0.1, 0.15) is 6.10 Å². The van der Waals surface area contributed by atoms with Gasteiger partial charge in [-0.1, -0.05) is 12.1 Å². The fourth-order valence-corrected chi connectivity index (χ4v) is 1.55. The number of benzene rings is 1. The Morgan fingerprint density at radius 2 is 1.67 bits per heavy atom. The molecule has 0 radical (unpaired) electrons. The van der Waals surface area contributed by atoms with Crippen molar-refractivity contribution in [3.05, 3.63) is 58.7 Å². The summed E-state index contributed by atoms with van der Waals surface area (Å²) in [5, 5.41) is 9.95. The van der Waals surface area contributed by atoms with Gasteiger partial charge in [0.15, 0.2) is 17.5 Å². The Morgan fingerprint density at radius 3 is 2.28 bits per heavy atom. The molecule has 1 N–H and O–H groups in total. The van der Waals surface area contributed by atoms with Crippen LogP contribution in [0.2, 0.25) is 0 Å². The molecule has 1 unspecified atom stereocenters. The van der Waals surface area contributed by atoms with Crippen LogP contribution < -0.4 is 0 Å². The van der Waals surface area contributed by atoms with Crippen molar-refractivity contribution in [1.29, 1.82) is 0 Å². The number of hydrogen-bond acceptors (Lipinski definition) is 3. The molecule has 18 heavy (non-hydrogen) atoms. The van der Waals surface area contributed by atoms with Gasteiger partial charge < -0.3 is 5.11 Å². The van der Waals surface area contributed by atoms with Gasteiger partial charge in [-0.15, -0.1) is 0 Å². The van der Waals surface area contributed by atoms with Gasteiger partial charge >= 0.3 is 0 Å². The van der Waals surface area contributed by atoms with Crippen molar-refractivity contribution in [2.45, 2.75) is 20.0 Å². The molecule has 5 heteroatoms. The molecule has 0 aliphatic carbocycles. The number of halogens is 2. The van der Waals surface area contributed by atoms with E-state index in [1.165, 1.54) is 31.5 Å². The Balaban J connectivity index is 2.43. The fraction of sp³-hybridized carbons (Fsp3) is 0.231. The summed E-state index contributed by atoms with van der Waals surface area (Å²) in [5.74, 6) is -1.98. The third kappa shape index (κ3) is 2.22. The summed E-state index contributed by atoms with van der Waals surface area (Å²) in [4.78, 5) is 7.80. The topological polar surface area (TPSA) is 46.0 Å². The minimum atomic E-state index is -1.37. The number of aliphatic hydroxyl groups excluding tert-OH is 1. The molecule has 0 aliphatic rings. The number of aromatic nitrogens is 2. The van der Waals surface area contributed by atoms with Crippen LogP contribution in [0.15, 0.2) is 24.5 Å². The minimum Gasteiger partial charge on any atom is -0.380 e. The lowest BCUT2D eigenvalue weighted by Crippen LogP contribution is -2.09. The average Bonchev–Trinajstić information content (AvgIpc) is 2.36. The molecule has 0 amide bonds. The van der Waals surface area contributed by atoms with Crippen molar-refractivity contribution in [1.82, 2.24) is 9.97 Å². The molecule has 0 aliphatic heterocycles. The molecule has 2 rings (SSSR count). The molecule has 0 saturated heterocycles. The van der Waals surface area contributed by atoms with E-state index in [-0.39, 0.29) is 17.0 Å². The van der Waals surface area contributed by atoms with Crippen LogP contribution in [0.25, 0.3) is 0 Å². The van der Waals surface area contributed by atoms with Crippen LogP contribution >= 0.6 is 0 Å². The summed E-state index contributed by atoms with van der Waals surface area (Å²) in [6, 6.07) is 2.74. The van der Waals surface area contributed by atoms with E-state index in [0.717, 1.165) is 5.56 Å². The van der Waals surface area contributed by atoms with Gasteiger partial charge in [-0.2, -0.15) is 0 Å². The smallest absolute Gasteiger partial charge is 0.165 e. The molecular formula is C13H12F2N2O. The highest BCUT2D eigenvalue weighted by atomic mass is 19.2. The number of rotatable bonds is 2. The van der Waals surface area contributed by atoms with E-state index in [4.69, 9.17) is 0 Å². The standard InChI is InChI=1S/C13H12F2N2O/c1-7-5-16-13(17-6-7)12(18)9-4-3-8(2)10(14)11(9)15/h3-6,12,18H,1-2H3. The molecule has 1 aromatic carbocycles. The first kappa shape index (κ1) is 12.6. The lowest BCUT2D eigenvalue weighted by atomic mass is 10.1. The van der Waals surface area contributed by atoms with Crippen molar-refractivity contribution in [3.63, 3.8) is 0 Å². The van der Waals surface area contributed by atoms with Crippen LogP contribution in [0, 0.1) is 25.5 Å². The van der Waals surface area contributed by atoms with E-state index >= 15 is 0 Å². The van der Waals surface area contributed by atoms with Gasteiger partial charge in [0.05, 0.1) is 0 Å². The van der Waals surface area contributed by atoms with Crippen LogP contribution in [0.4, 0.5) is 8.78 Å². The summed E-state index contributed by atoms with van der Waals surface area (Å²) in [6.45, 7) is 3.25. The van der Waals surface area contributed by atoms with Crippen molar-refractivity contribution >= 4 is 0 Å². The average molecular weight is 250 g/mol. The molecule has 1 heterocycles. The van der Waals surface area contributed by atoms with Gasteiger partial charge in [-0.05, 0) is 25.0 Å².